The van der Waals surface area contributed by atoms with Gasteiger partial charge in [0.15, 0.2) is 0 Å². The first-order chi connectivity index (χ1) is 14.9. The fourth-order valence-electron chi connectivity index (χ4n) is 3.32. The van der Waals surface area contributed by atoms with E-state index in [-0.39, 0.29) is 31.0 Å². The van der Waals surface area contributed by atoms with E-state index in [9.17, 15) is 14.4 Å². The molecule has 2 amide bonds. The number of rotatable bonds is 15. The van der Waals surface area contributed by atoms with Gasteiger partial charge in [0.2, 0.25) is 5.91 Å². The molecule has 0 aliphatic carbocycles. The highest BCUT2D eigenvalue weighted by molar-refractivity contribution is 5.89. The van der Waals surface area contributed by atoms with E-state index in [1.54, 1.807) is 14.1 Å². The number of hydrogen-bond acceptors (Lipinski definition) is 6. The number of hydrogen-bond donors (Lipinski definition) is 0. The van der Waals surface area contributed by atoms with E-state index in [1.165, 1.54) is 16.9 Å². The van der Waals surface area contributed by atoms with Crippen LogP contribution in [0.3, 0.4) is 0 Å². The molecule has 0 aromatic heterocycles. The third kappa shape index (κ3) is 11.7. The molecule has 0 aromatic rings. The fourth-order valence-corrected chi connectivity index (χ4v) is 3.32. The Morgan fingerprint density at radius 2 is 1.28 bits per heavy atom. The largest absolute Gasteiger partial charge is 0.464 e. The molecule has 0 radical (unpaired) electrons. The average Bonchev–Trinajstić information content (AvgIpc) is 2.71. The summed E-state index contributed by atoms with van der Waals surface area (Å²) in [5, 5.41) is 0. The number of esters is 1. The molecule has 0 aliphatic rings. The fraction of sp³-hybridized carbons (Fsp3) is 0.875. The highest BCUT2D eigenvalue weighted by Gasteiger charge is 2.36. The Morgan fingerprint density at radius 1 is 0.719 bits per heavy atom. The first-order valence-corrected chi connectivity index (χ1v) is 11.7. The minimum Gasteiger partial charge on any atom is -0.464 e. The summed E-state index contributed by atoms with van der Waals surface area (Å²) in [6, 6.07) is -1.44. The first kappa shape index (κ1) is 30.2. The van der Waals surface area contributed by atoms with Gasteiger partial charge in [-0.05, 0) is 43.4 Å². The maximum Gasteiger partial charge on any atom is 0.410 e. The van der Waals surface area contributed by atoms with Gasteiger partial charge in [0, 0.05) is 21.2 Å². The van der Waals surface area contributed by atoms with E-state index in [0.717, 1.165) is 12.8 Å². The van der Waals surface area contributed by atoms with Crippen LogP contribution < -0.4 is 0 Å². The summed E-state index contributed by atoms with van der Waals surface area (Å²) in [4.78, 5) is 41.5. The molecule has 0 spiro atoms. The maximum atomic E-state index is 13.4. The summed E-state index contributed by atoms with van der Waals surface area (Å²) in [7, 11) is 4.69. The van der Waals surface area contributed by atoms with Crippen molar-refractivity contribution in [3.05, 3.63) is 0 Å². The van der Waals surface area contributed by atoms with Crippen LogP contribution in [0.1, 0.15) is 67.2 Å². The summed E-state index contributed by atoms with van der Waals surface area (Å²) in [5.74, 6) is 0.207. The molecule has 0 fully saturated rings. The molecule has 0 bridgehead atoms. The van der Waals surface area contributed by atoms with Crippen LogP contribution in [-0.2, 0) is 23.8 Å². The van der Waals surface area contributed by atoms with E-state index in [4.69, 9.17) is 14.2 Å². The summed E-state index contributed by atoms with van der Waals surface area (Å²) in [6.45, 7) is 13.0. The van der Waals surface area contributed by atoms with E-state index in [0.29, 0.717) is 25.4 Å². The molecule has 0 N–H and O–H groups in total. The summed E-state index contributed by atoms with van der Waals surface area (Å²) < 4.78 is 15.6. The monoisotopic (exact) mass is 458 g/mol. The van der Waals surface area contributed by atoms with E-state index in [1.807, 2.05) is 27.7 Å². The standard InChI is InChI=1S/C24H46N2O6/c1-17(2)11-10-12-31-23(28)21(16-19(5)6)25(7)22(27)20(15-18(3)4)26(8)24(29)32-14-13-30-9/h17-21H,10-16H2,1-9H3. The molecule has 0 rings (SSSR count). The Morgan fingerprint density at radius 3 is 1.78 bits per heavy atom. The van der Waals surface area contributed by atoms with Gasteiger partial charge in [-0.15, -0.1) is 0 Å². The number of carbonyl (C=O) groups is 3. The van der Waals surface area contributed by atoms with Crippen LogP contribution >= 0.6 is 0 Å². The average molecular weight is 459 g/mol. The first-order valence-electron chi connectivity index (χ1n) is 11.7. The minimum atomic E-state index is -0.738. The lowest BCUT2D eigenvalue weighted by Crippen LogP contribution is -2.54. The van der Waals surface area contributed by atoms with Crippen molar-refractivity contribution in [2.24, 2.45) is 17.8 Å². The number of carbonyl (C=O) groups excluding carboxylic acids is 3. The van der Waals surface area contributed by atoms with Crippen molar-refractivity contribution in [1.29, 1.82) is 0 Å². The third-order valence-corrected chi connectivity index (χ3v) is 5.20. The molecule has 0 saturated carbocycles. The van der Waals surface area contributed by atoms with Crippen molar-refractivity contribution in [3.8, 4) is 0 Å². The zero-order valence-electron chi connectivity index (χ0n) is 21.7. The van der Waals surface area contributed by atoms with Crippen LogP contribution in [0.2, 0.25) is 0 Å². The molecule has 32 heavy (non-hydrogen) atoms. The second-order valence-electron chi connectivity index (χ2n) is 9.66. The summed E-state index contributed by atoms with van der Waals surface area (Å²) >= 11 is 0. The smallest absolute Gasteiger partial charge is 0.410 e. The predicted molar refractivity (Wildman–Crippen MR) is 125 cm³/mol. The van der Waals surface area contributed by atoms with Crippen LogP contribution in [0.5, 0.6) is 0 Å². The molecule has 8 heteroatoms. The van der Waals surface area contributed by atoms with E-state index >= 15 is 0 Å². The lowest BCUT2D eigenvalue weighted by atomic mass is 9.98. The molecule has 188 valence electrons. The van der Waals surface area contributed by atoms with Crippen LogP contribution in [-0.4, -0.2) is 80.9 Å². The SMILES string of the molecule is COCCOC(=O)N(C)C(CC(C)C)C(=O)N(C)C(CC(C)C)C(=O)OCCCC(C)C. The Hall–Kier alpha value is -1.83. The van der Waals surface area contributed by atoms with Gasteiger partial charge in [-0.3, -0.25) is 9.69 Å². The molecule has 0 saturated heterocycles. The normalized spacial score (nSPS) is 13.2. The molecular formula is C24H46N2O6. The quantitative estimate of drug-likeness (QED) is 0.273. The molecule has 0 aromatic carbocycles. The second kappa shape index (κ2) is 15.9. The van der Waals surface area contributed by atoms with Gasteiger partial charge >= 0.3 is 12.1 Å². The molecule has 2 atom stereocenters. The molecule has 0 heterocycles. The Labute approximate surface area is 194 Å². The van der Waals surface area contributed by atoms with E-state index < -0.39 is 24.1 Å². The minimum absolute atomic E-state index is 0.108. The highest BCUT2D eigenvalue weighted by Crippen LogP contribution is 2.19. The number of methoxy groups -OCH3 is 1. The topological polar surface area (TPSA) is 85.4 Å². The van der Waals surface area contributed by atoms with E-state index in [2.05, 4.69) is 13.8 Å². The summed E-state index contributed by atoms with van der Waals surface area (Å²) in [5.41, 5.74) is 0. The van der Waals surface area contributed by atoms with Gasteiger partial charge in [0.05, 0.1) is 13.2 Å². The number of amides is 2. The Kier molecular flexibility index (Phi) is 15.0. The molecular weight excluding hydrogens is 412 g/mol. The van der Waals surface area contributed by atoms with Crippen LogP contribution in [0.4, 0.5) is 4.79 Å². The summed E-state index contributed by atoms with van der Waals surface area (Å²) in [6.07, 6.45) is 2.12. The van der Waals surface area contributed by atoms with Gasteiger partial charge in [-0.1, -0.05) is 41.5 Å². The second-order valence-corrected chi connectivity index (χ2v) is 9.66. The van der Waals surface area contributed by atoms with Gasteiger partial charge in [-0.25, -0.2) is 9.59 Å². The van der Waals surface area contributed by atoms with Crippen LogP contribution in [0.15, 0.2) is 0 Å². The number of ether oxygens (including phenoxy) is 3. The van der Waals surface area contributed by atoms with Gasteiger partial charge in [0.25, 0.3) is 0 Å². The zero-order chi connectivity index (χ0) is 24.8. The molecule has 2 unspecified atom stereocenters. The molecule has 8 nitrogen and oxygen atoms in total. The van der Waals surface area contributed by atoms with Crippen molar-refractivity contribution < 1.29 is 28.6 Å². The Balaban J connectivity index is 5.42. The van der Waals surface area contributed by atoms with Crippen molar-refractivity contribution in [2.75, 3.05) is 41.0 Å². The van der Waals surface area contributed by atoms with Gasteiger partial charge in [-0.2, -0.15) is 0 Å². The van der Waals surface area contributed by atoms with Crippen LogP contribution in [0, 0.1) is 17.8 Å². The van der Waals surface area contributed by atoms with Gasteiger partial charge in [0.1, 0.15) is 18.7 Å². The van der Waals surface area contributed by atoms with Crippen molar-refractivity contribution >= 4 is 18.0 Å². The zero-order valence-corrected chi connectivity index (χ0v) is 21.7. The number of nitrogens with zero attached hydrogens (tertiary/aromatic N) is 2. The lowest BCUT2D eigenvalue weighted by molar-refractivity contribution is -0.156. The highest BCUT2D eigenvalue weighted by atomic mass is 16.6. The maximum absolute atomic E-state index is 13.4. The third-order valence-electron chi connectivity index (χ3n) is 5.20. The van der Waals surface area contributed by atoms with Crippen molar-refractivity contribution in [2.45, 2.75) is 79.3 Å². The Bertz CT molecular complexity index is 565. The lowest BCUT2D eigenvalue weighted by Gasteiger charge is -2.34. The molecule has 0 aliphatic heterocycles. The van der Waals surface area contributed by atoms with Gasteiger partial charge < -0.3 is 19.1 Å². The van der Waals surface area contributed by atoms with Crippen LogP contribution in [0.25, 0.3) is 0 Å². The van der Waals surface area contributed by atoms with Crippen molar-refractivity contribution in [3.63, 3.8) is 0 Å². The van der Waals surface area contributed by atoms with Crippen molar-refractivity contribution in [1.82, 2.24) is 9.80 Å². The predicted octanol–water partition coefficient (Wildman–Crippen LogP) is 3.97. The number of likely N-dealkylation sites (N-methyl/N-ethyl adjacent to an activating group) is 2.